The zero-order valence-electron chi connectivity index (χ0n) is 12.4. The van der Waals surface area contributed by atoms with Gasteiger partial charge in [-0.25, -0.2) is 0 Å². The summed E-state index contributed by atoms with van der Waals surface area (Å²) >= 11 is 0. The maximum absolute atomic E-state index is 3.60. The highest BCUT2D eigenvalue weighted by molar-refractivity contribution is 4.78. The van der Waals surface area contributed by atoms with Crippen LogP contribution in [0.25, 0.3) is 0 Å². The third kappa shape index (κ3) is 6.52. The maximum Gasteiger partial charge on any atom is -0.00154 e. The van der Waals surface area contributed by atoms with Crippen molar-refractivity contribution < 1.29 is 0 Å². The Morgan fingerprint density at radius 1 is 1.00 bits per heavy atom. The molecule has 0 bridgehead atoms. The van der Waals surface area contributed by atoms with Crippen LogP contribution in [0.2, 0.25) is 0 Å². The van der Waals surface area contributed by atoms with Crippen molar-refractivity contribution in [2.75, 3.05) is 13.1 Å². The van der Waals surface area contributed by atoms with Crippen molar-refractivity contribution in [3.8, 4) is 0 Å². The summed E-state index contributed by atoms with van der Waals surface area (Å²) in [5.74, 6) is 1.72. The van der Waals surface area contributed by atoms with Crippen molar-refractivity contribution in [3.05, 3.63) is 0 Å². The van der Waals surface area contributed by atoms with Crippen LogP contribution >= 0.6 is 0 Å². The van der Waals surface area contributed by atoms with Crippen molar-refractivity contribution >= 4 is 0 Å². The molecule has 0 spiro atoms. The van der Waals surface area contributed by atoms with Gasteiger partial charge in [0.15, 0.2) is 0 Å². The molecule has 1 heteroatoms. The van der Waals surface area contributed by atoms with Gasteiger partial charge >= 0.3 is 0 Å². The van der Waals surface area contributed by atoms with E-state index in [0.717, 1.165) is 18.4 Å². The van der Waals surface area contributed by atoms with Gasteiger partial charge < -0.3 is 5.32 Å². The molecule has 1 N–H and O–H groups in total. The molecular weight excluding hydrogens is 194 g/mol. The third-order valence-electron chi connectivity index (χ3n) is 3.81. The zero-order chi connectivity index (χ0) is 12.6. The summed E-state index contributed by atoms with van der Waals surface area (Å²) < 4.78 is 0. The standard InChI is InChI=1S/C15H33N/c1-7-10-16-12-14(15(4,5)6)11-13(8-2)9-3/h13-14,16H,7-12H2,1-6H3. The van der Waals surface area contributed by atoms with Gasteiger partial charge in [0.05, 0.1) is 0 Å². The van der Waals surface area contributed by atoms with Gasteiger partial charge in [0.2, 0.25) is 0 Å². The van der Waals surface area contributed by atoms with Gasteiger partial charge in [0, 0.05) is 0 Å². The highest BCUT2D eigenvalue weighted by Crippen LogP contribution is 2.32. The van der Waals surface area contributed by atoms with Crippen molar-refractivity contribution in [2.24, 2.45) is 17.3 Å². The fraction of sp³-hybridized carbons (Fsp3) is 1.00. The molecule has 0 rings (SSSR count). The van der Waals surface area contributed by atoms with Crippen molar-refractivity contribution in [1.29, 1.82) is 0 Å². The van der Waals surface area contributed by atoms with Gasteiger partial charge in [0.1, 0.15) is 0 Å². The van der Waals surface area contributed by atoms with Crippen LogP contribution in [0.5, 0.6) is 0 Å². The Balaban J connectivity index is 4.20. The summed E-state index contributed by atoms with van der Waals surface area (Å²) in [6.45, 7) is 16.4. The average molecular weight is 227 g/mol. The molecule has 16 heavy (non-hydrogen) atoms. The van der Waals surface area contributed by atoms with Gasteiger partial charge in [-0.3, -0.25) is 0 Å². The molecule has 1 nitrogen and oxygen atoms in total. The molecule has 1 unspecified atom stereocenters. The second-order valence-corrected chi connectivity index (χ2v) is 6.19. The fourth-order valence-electron chi connectivity index (χ4n) is 2.22. The predicted octanol–water partition coefficient (Wildman–Crippen LogP) is 4.47. The minimum absolute atomic E-state index is 0.434. The molecule has 1 atom stereocenters. The Kier molecular flexibility index (Phi) is 8.09. The van der Waals surface area contributed by atoms with Crippen molar-refractivity contribution in [2.45, 2.75) is 67.2 Å². The van der Waals surface area contributed by atoms with E-state index in [1.54, 1.807) is 0 Å². The molecule has 0 aromatic heterocycles. The molecule has 98 valence electrons. The van der Waals surface area contributed by atoms with Crippen LogP contribution in [0.4, 0.5) is 0 Å². The normalized spacial score (nSPS) is 14.4. The van der Waals surface area contributed by atoms with Gasteiger partial charge in [-0.15, -0.1) is 0 Å². The third-order valence-corrected chi connectivity index (χ3v) is 3.81. The van der Waals surface area contributed by atoms with Crippen LogP contribution in [0.3, 0.4) is 0 Å². The Hall–Kier alpha value is -0.0400. The highest BCUT2D eigenvalue weighted by Gasteiger charge is 2.25. The molecule has 0 aromatic carbocycles. The Morgan fingerprint density at radius 2 is 1.56 bits per heavy atom. The molecular formula is C15H33N. The van der Waals surface area contributed by atoms with E-state index in [1.165, 1.54) is 32.2 Å². The first kappa shape index (κ1) is 16.0. The van der Waals surface area contributed by atoms with Gasteiger partial charge in [0.25, 0.3) is 0 Å². The van der Waals surface area contributed by atoms with Crippen LogP contribution in [0.15, 0.2) is 0 Å². The zero-order valence-corrected chi connectivity index (χ0v) is 12.4. The van der Waals surface area contributed by atoms with E-state index in [2.05, 4.69) is 46.9 Å². The first-order chi connectivity index (χ1) is 7.45. The topological polar surface area (TPSA) is 12.0 Å². The van der Waals surface area contributed by atoms with E-state index < -0.39 is 0 Å². The minimum atomic E-state index is 0.434. The lowest BCUT2D eigenvalue weighted by Crippen LogP contribution is -2.33. The molecule has 0 radical (unpaired) electrons. The Labute approximate surface area is 103 Å². The molecule has 0 saturated heterocycles. The molecule has 0 aliphatic carbocycles. The molecule has 0 saturated carbocycles. The molecule has 0 aliphatic heterocycles. The van der Waals surface area contributed by atoms with Crippen LogP contribution in [0, 0.1) is 17.3 Å². The Bertz CT molecular complexity index is 153. The average Bonchev–Trinajstić information content (AvgIpc) is 2.21. The molecule has 0 heterocycles. The van der Waals surface area contributed by atoms with E-state index in [4.69, 9.17) is 0 Å². The van der Waals surface area contributed by atoms with Crippen LogP contribution in [0.1, 0.15) is 67.2 Å². The van der Waals surface area contributed by atoms with Crippen molar-refractivity contribution in [3.63, 3.8) is 0 Å². The smallest absolute Gasteiger partial charge is 0.00154 e. The van der Waals surface area contributed by atoms with Gasteiger partial charge in [-0.2, -0.15) is 0 Å². The summed E-state index contributed by atoms with van der Waals surface area (Å²) in [7, 11) is 0. The second kappa shape index (κ2) is 8.11. The number of nitrogens with one attached hydrogen (secondary N) is 1. The lowest BCUT2D eigenvalue weighted by molar-refractivity contribution is 0.185. The van der Waals surface area contributed by atoms with Crippen LogP contribution in [-0.4, -0.2) is 13.1 Å². The minimum Gasteiger partial charge on any atom is -0.316 e. The van der Waals surface area contributed by atoms with Crippen LogP contribution in [-0.2, 0) is 0 Å². The summed E-state index contributed by atoms with van der Waals surface area (Å²) in [6, 6.07) is 0. The van der Waals surface area contributed by atoms with E-state index in [1.807, 2.05) is 0 Å². The largest absolute Gasteiger partial charge is 0.316 e. The molecule has 0 fully saturated rings. The highest BCUT2D eigenvalue weighted by atomic mass is 14.9. The van der Waals surface area contributed by atoms with E-state index >= 15 is 0 Å². The van der Waals surface area contributed by atoms with Crippen molar-refractivity contribution in [1.82, 2.24) is 5.32 Å². The fourth-order valence-corrected chi connectivity index (χ4v) is 2.22. The number of hydrogen-bond acceptors (Lipinski definition) is 1. The summed E-state index contributed by atoms with van der Waals surface area (Å²) in [6.07, 6.45) is 5.28. The maximum atomic E-state index is 3.60. The molecule has 0 aliphatic rings. The predicted molar refractivity (Wildman–Crippen MR) is 74.8 cm³/mol. The first-order valence-corrected chi connectivity index (χ1v) is 7.16. The van der Waals surface area contributed by atoms with E-state index in [9.17, 15) is 0 Å². The molecule has 0 aromatic rings. The summed E-state index contributed by atoms with van der Waals surface area (Å²) in [5, 5.41) is 3.60. The van der Waals surface area contributed by atoms with E-state index in [0.29, 0.717) is 5.41 Å². The summed E-state index contributed by atoms with van der Waals surface area (Å²) in [4.78, 5) is 0. The molecule has 0 amide bonds. The number of rotatable bonds is 8. The van der Waals surface area contributed by atoms with Gasteiger partial charge in [-0.1, -0.05) is 54.4 Å². The summed E-state index contributed by atoms with van der Waals surface area (Å²) in [5.41, 5.74) is 0.434. The lowest BCUT2D eigenvalue weighted by Gasteiger charge is -2.33. The number of hydrogen-bond donors (Lipinski definition) is 1. The SMILES string of the molecule is CCCNCC(CC(CC)CC)C(C)(C)C. The van der Waals surface area contributed by atoms with Crippen LogP contribution < -0.4 is 5.32 Å². The second-order valence-electron chi connectivity index (χ2n) is 6.19. The van der Waals surface area contributed by atoms with Gasteiger partial charge in [-0.05, 0) is 43.2 Å². The first-order valence-electron chi connectivity index (χ1n) is 7.16. The Morgan fingerprint density at radius 3 is 1.94 bits per heavy atom. The quantitative estimate of drug-likeness (QED) is 0.603. The lowest BCUT2D eigenvalue weighted by atomic mass is 9.75. The monoisotopic (exact) mass is 227 g/mol. The van der Waals surface area contributed by atoms with E-state index in [-0.39, 0.29) is 0 Å².